The van der Waals surface area contributed by atoms with Gasteiger partial charge in [0.25, 0.3) is 0 Å². The number of halogens is 2. The van der Waals surface area contributed by atoms with Gasteiger partial charge in [0.15, 0.2) is 0 Å². The van der Waals surface area contributed by atoms with Gasteiger partial charge in [-0.25, -0.2) is 8.78 Å². The molecule has 1 aliphatic rings. The van der Waals surface area contributed by atoms with Crippen molar-refractivity contribution >= 4 is 0 Å². The lowest BCUT2D eigenvalue weighted by Gasteiger charge is -2.29. The first-order chi connectivity index (χ1) is 7.66. The molecule has 0 spiro atoms. The molecule has 88 valence electrons. The van der Waals surface area contributed by atoms with E-state index < -0.39 is 0 Å². The van der Waals surface area contributed by atoms with E-state index in [1.807, 2.05) is 0 Å². The molecule has 3 heteroatoms. The van der Waals surface area contributed by atoms with Gasteiger partial charge in [-0.1, -0.05) is 6.92 Å². The first-order valence-electron chi connectivity index (χ1n) is 5.81. The Balaban J connectivity index is 2.10. The van der Waals surface area contributed by atoms with Crippen LogP contribution in [0.15, 0.2) is 18.2 Å². The van der Waals surface area contributed by atoms with Crippen LogP contribution >= 0.6 is 0 Å². The summed E-state index contributed by atoms with van der Waals surface area (Å²) in [6.45, 7) is 4.11. The van der Waals surface area contributed by atoms with Gasteiger partial charge < -0.3 is 5.32 Å². The smallest absolute Gasteiger partial charge is 0.126 e. The van der Waals surface area contributed by atoms with Gasteiger partial charge in [0.1, 0.15) is 11.6 Å². The highest BCUT2D eigenvalue weighted by Gasteiger charge is 2.22. The number of piperidine rings is 1. The van der Waals surface area contributed by atoms with Crippen LogP contribution in [0.1, 0.15) is 18.9 Å². The van der Waals surface area contributed by atoms with Crippen molar-refractivity contribution in [2.75, 3.05) is 13.1 Å². The van der Waals surface area contributed by atoms with Gasteiger partial charge >= 0.3 is 0 Å². The topological polar surface area (TPSA) is 12.0 Å². The molecule has 0 amide bonds. The van der Waals surface area contributed by atoms with Crippen molar-refractivity contribution in [1.82, 2.24) is 5.32 Å². The Morgan fingerprint density at radius 3 is 2.94 bits per heavy atom. The first kappa shape index (κ1) is 11.5. The average Bonchev–Trinajstić information content (AvgIpc) is 2.27. The molecule has 1 N–H and O–H groups in total. The van der Waals surface area contributed by atoms with Crippen LogP contribution in [0.2, 0.25) is 0 Å². The Kier molecular flexibility index (Phi) is 3.54. The molecule has 0 bridgehead atoms. The van der Waals surface area contributed by atoms with E-state index in [1.54, 1.807) is 0 Å². The third-order valence-electron chi connectivity index (χ3n) is 3.48. The van der Waals surface area contributed by atoms with Gasteiger partial charge in [-0.3, -0.25) is 0 Å². The number of benzene rings is 1. The number of hydrogen-bond acceptors (Lipinski definition) is 1. The molecule has 1 heterocycles. The molecule has 1 saturated heterocycles. The molecule has 1 fully saturated rings. The molecule has 2 rings (SSSR count). The second kappa shape index (κ2) is 4.91. The molecule has 0 aliphatic carbocycles. The van der Waals surface area contributed by atoms with Crippen molar-refractivity contribution in [2.24, 2.45) is 11.8 Å². The van der Waals surface area contributed by atoms with Gasteiger partial charge in [0, 0.05) is 0 Å². The van der Waals surface area contributed by atoms with Crippen LogP contribution in [-0.2, 0) is 6.42 Å². The van der Waals surface area contributed by atoms with Gasteiger partial charge in [-0.2, -0.15) is 0 Å². The SMILES string of the molecule is CC1CCNCC1Cc1cc(F)ccc1F. The van der Waals surface area contributed by atoms with E-state index in [0.29, 0.717) is 23.8 Å². The van der Waals surface area contributed by atoms with Gasteiger partial charge in [0.05, 0.1) is 0 Å². The summed E-state index contributed by atoms with van der Waals surface area (Å²) in [7, 11) is 0. The molecule has 2 unspecified atom stereocenters. The van der Waals surface area contributed by atoms with Crippen LogP contribution in [0, 0.1) is 23.5 Å². The fourth-order valence-electron chi connectivity index (χ4n) is 2.31. The Hall–Kier alpha value is -0.960. The molecule has 1 aromatic rings. The second-order valence-electron chi connectivity index (χ2n) is 4.67. The normalized spacial score (nSPS) is 25.7. The van der Waals surface area contributed by atoms with Gasteiger partial charge in [0.2, 0.25) is 0 Å². The summed E-state index contributed by atoms with van der Waals surface area (Å²) < 4.78 is 26.5. The molecule has 0 aromatic heterocycles. The van der Waals surface area contributed by atoms with Gasteiger partial charge in [-0.05, 0) is 61.5 Å². The van der Waals surface area contributed by atoms with Crippen LogP contribution < -0.4 is 5.32 Å². The number of nitrogens with one attached hydrogen (secondary N) is 1. The van der Waals surface area contributed by atoms with E-state index in [-0.39, 0.29) is 11.6 Å². The summed E-state index contributed by atoms with van der Waals surface area (Å²) in [6.07, 6.45) is 1.74. The maximum absolute atomic E-state index is 13.5. The van der Waals surface area contributed by atoms with E-state index in [9.17, 15) is 8.78 Å². The highest BCUT2D eigenvalue weighted by atomic mass is 19.1. The monoisotopic (exact) mass is 225 g/mol. The minimum Gasteiger partial charge on any atom is -0.316 e. The standard InChI is InChI=1S/C13H17F2N/c1-9-4-5-16-8-11(9)6-10-7-12(14)2-3-13(10)15/h2-3,7,9,11,16H,4-6,8H2,1H3. The van der Waals surface area contributed by atoms with Crippen LogP contribution in [0.25, 0.3) is 0 Å². The van der Waals surface area contributed by atoms with Crippen LogP contribution in [-0.4, -0.2) is 13.1 Å². The predicted molar refractivity (Wildman–Crippen MR) is 60.2 cm³/mol. The largest absolute Gasteiger partial charge is 0.316 e. The van der Waals surface area contributed by atoms with E-state index in [1.165, 1.54) is 18.2 Å². The Morgan fingerprint density at radius 2 is 2.19 bits per heavy atom. The molecule has 1 aliphatic heterocycles. The van der Waals surface area contributed by atoms with Crippen molar-refractivity contribution < 1.29 is 8.78 Å². The van der Waals surface area contributed by atoms with E-state index in [0.717, 1.165) is 19.5 Å². The van der Waals surface area contributed by atoms with E-state index in [2.05, 4.69) is 12.2 Å². The van der Waals surface area contributed by atoms with Crippen molar-refractivity contribution in [3.63, 3.8) is 0 Å². The van der Waals surface area contributed by atoms with Crippen molar-refractivity contribution in [3.05, 3.63) is 35.4 Å². The lowest BCUT2D eigenvalue weighted by molar-refractivity contribution is 0.270. The molecule has 0 saturated carbocycles. The lowest BCUT2D eigenvalue weighted by atomic mass is 9.83. The van der Waals surface area contributed by atoms with Crippen molar-refractivity contribution in [2.45, 2.75) is 19.8 Å². The zero-order valence-electron chi connectivity index (χ0n) is 9.47. The lowest BCUT2D eigenvalue weighted by Crippen LogP contribution is -2.36. The maximum atomic E-state index is 13.5. The molecule has 1 aromatic carbocycles. The van der Waals surface area contributed by atoms with Crippen LogP contribution in [0.5, 0.6) is 0 Å². The minimum absolute atomic E-state index is 0.292. The minimum atomic E-state index is -0.354. The summed E-state index contributed by atoms with van der Waals surface area (Å²) >= 11 is 0. The number of rotatable bonds is 2. The third kappa shape index (κ3) is 2.59. The summed E-state index contributed by atoms with van der Waals surface area (Å²) in [5, 5.41) is 3.30. The van der Waals surface area contributed by atoms with E-state index >= 15 is 0 Å². The number of hydrogen-bond donors (Lipinski definition) is 1. The molecule has 2 atom stereocenters. The second-order valence-corrected chi connectivity index (χ2v) is 4.67. The van der Waals surface area contributed by atoms with Crippen LogP contribution in [0.3, 0.4) is 0 Å². The highest BCUT2D eigenvalue weighted by Crippen LogP contribution is 2.24. The molecule has 16 heavy (non-hydrogen) atoms. The van der Waals surface area contributed by atoms with Gasteiger partial charge in [-0.15, -0.1) is 0 Å². The predicted octanol–water partition coefficient (Wildman–Crippen LogP) is 2.75. The molecule has 0 radical (unpaired) electrons. The zero-order valence-corrected chi connectivity index (χ0v) is 9.47. The summed E-state index contributed by atoms with van der Waals surface area (Å²) in [5.41, 5.74) is 0.501. The summed E-state index contributed by atoms with van der Waals surface area (Å²) in [4.78, 5) is 0. The molecular formula is C13H17F2N. The fraction of sp³-hybridized carbons (Fsp3) is 0.538. The Morgan fingerprint density at radius 1 is 1.38 bits per heavy atom. The fourth-order valence-corrected chi connectivity index (χ4v) is 2.31. The van der Waals surface area contributed by atoms with Crippen molar-refractivity contribution in [1.29, 1.82) is 0 Å². The maximum Gasteiger partial charge on any atom is 0.126 e. The highest BCUT2D eigenvalue weighted by molar-refractivity contribution is 5.19. The Bertz CT molecular complexity index is 365. The summed E-state index contributed by atoms with van der Waals surface area (Å²) in [6, 6.07) is 3.70. The first-order valence-corrected chi connectivity index (χ1v) is 5.81. The molecular weight excluding hydrogens is 208 g/mol. The quantitative estimate of drug-likeness (QED) is 0.816. The van der Waals surface area contributed by atoms with E-state index in [4.69, 9.17) is 0 Å². The Labute approximate surface area is 94.9 Å². The zero-order chi connectivity index (χ0) is 11.5. The molecule has 1 nitrogen and oxygen atoms in total. The summed E-state index contributed by atoms with van der Waals surface area (Å²) in [5.74, 6) is 0.334. The average molecular weight is 225 g/mol. The van der Waals surface area contributed by atoms with Crippen LogP contribution in [0.4, 0.5) is 8.78 Å². The van der Waals surface area contributed by atoms with Crippen molar-refractivity contribution in [3.8, 4) is 0 Å². The third-order valence-corrected chi connectivity index (χ3v) is 3.48.